The standard InChI is InChI=1S/C25H35N3O3/c1-4-27(5-2)21-9-7-6-8-10-23(21)31-19-12-13-20-18(15-19)16-28(25(20)30)22-14-11-17(3)26-24(22)29/h12-13,15,21-23H,3-11,14,16H2,1-2H3,(H,26,29). The maximum absolute atomic E-state index is 13.0. The van der Waals surface area contributed by atoms with Gasteiger partial charge in [0.2, 0.25) is 5.91 Å². The number of amides is 2. The molecule has 2 aliphatic heterocycles. The highest BCUT2D eigenvalue weighted by atomic mass is 16.5. The van der Waals surface area contributed by atoms with Crippen molar-refractivity contribution in [3.05, 3.63) is 41.6 Å². The van der Waals surface area contributed by atoms with Crippen LogP contribution in [-0.2, 0) is 11.3 Å². The van der Waals surface area contributed by atoms with E-state index < -0.39 is 6.04 Å². The zero-order valence-electron chi connectivity index (χ0n) is 18.9. The van der Waals surface area contributed by atoms with Crippen LogP contribution in [0, 0.1) is 0 Å². The molecule has 2 heterocycles. The molecule has 4 rings (SSSR count). The number of allylic oxidation sites excluding steroid dienone is 1. The normalized spacial score (nSPS) is 26.6. The van der Waals surface area contributed by atoms with Gasteiger partial charge in [-0.1, -0.05) is 33.3 Å². The van der Waals surface area contributed by atoms with Gasteiger partial charge in [0, 0.05) is 23.8 Å². The molecule has 2 amide bonds. The molecule has 2 fully saturated rings. The fraction of sp³-hybridized carbons (Fsp3) is 0.600. The van der Waals surface area contributed by atoms with E-state index in [1.807, 2.05) is 18.2 Å². The monoisotopic (exact) mass is 425 g/mol. The molecule has 3 unspecified atom stereocenters. The summed E-state index contributed by atoms with van der Waals surface area (Å²) >= 11 is 0. The zero-order valence-corrected chi connectivity index (χ0v) is 18.9. The van der Waals surface area contributed by atoms with Crippen molar-refractivity contribution in [3.63, 3.8) is 0 Å². The second kappa shape index (κ2) is 9.43. The van der Waals surface area contributed by atoms with Crippen LogP contribution in [0.25, 0.3) is 0 Å². The van der Waals surface area contributed by atoms with Gasteiger partial charge in [0.15, 0.2) is 0 Å². The first-order valence-corrected chi connectivity index (χ1v) is 11.8. The third kappa shape index (κ3) is 4.49. The Morgan fingerprint density at radius 3 is 2.65 bits per heavy atom. The fourth-order valence-electron chi connectivity index (χ4n) is 5.38. The van der Waals surface area contributed by atoms with Crippen LogP contribution >= 0.6 is 0 Å². The molecule has 0 spiro atoms. The van der Waals surface area contributed by atoms with Crippen LogP contribution in [0.1, 0.15) is 74.7 Å². The summed E-state index contributed by atoms with van der Waals surface area (Å²) in [6, 6.07) is 5.81. The Morgan fingerprint density at radius 2 is 1.90 bits per heavy atom. The molecule has 3 aliphatic rings. The molecular weight excluding hydrogens is 390 g/mol. The summed E-state index contributed by atoms with van der Waals surface area (Å²) < 4.78 is 6.55. The Kier molecular flexibility index (Phi) is 6.65. The maximum Gasteiger partial charge on any atom is 0.255 e. The topological polar surface area (TPSA) is 61.9 Å². The van der Waals surface area contributed by atoms with Crippen LogP contribution < -0.4 is 10.1 Å². The maximum atomic E-state index is 13.0. The lowest BCUT2D eigenvalue weighted by atomic mass is 10.0. The van der Waals surface area contributed by atoms with Crippen LogP contribution in [-0.4, -0.2) is 52.9 Å². The van der Waals surface area contributed by atoms with E-state index in [1.54, 1.807) is 4.90 Å². The predicted molar refractivity (Wildman–Crippen MR) is 121 cm³/mol. The number of fused-ring (bicyclic) bond motifs is 1. The highest BCUT2D eigenvalue weighted by Gasteiger charge is 2.38. The molecule has 1 aromatic carbocycles. The zero-order chi connectivity index (χ0) is 22.0. The van der Waals surface area contributed by atoms with E-state index in [-0.39, 0.29) is 17.9 Å². The Bertz CT molecular complexity index is 848. The highest BCUT2D eigenvalue weighted by Crippen LogP contribution is 2.32. The summed E-state index contributed by atoms with van der Waals surface area (Å²) in [6.45, 7) is 10.8. The Balaban J connectivity index is 1.50. The molecule has 31 heavy (non-hydrogen) atoms. The van der Waals surface area contributed by atoms with Crippen molar-refractivity contribution in [1.29, 1.82) is 0 Å². The smallest absolute Gasteiger partial charge is 0.255 e. The third-order valence-corrected chi connectivity index (χ3v) is 7.09. The SMILES string of the molecule is C=C1CCC(N2Cc3cc(OC4CCCCCC4N(CC)CC)ccc3C2=O)C(=O)N1. The number of piperidine rings is 1. The van der Waals surface area contributed by atoms with Crippen LogP contribution in [0.3, 0.4) is 0 Å². The first-order chi connectivity index (χ1) is 15.0. The Labute approximate surface area is 185 Å². The number of carbonyl (C=O) groups excluding carboxylic acids is 2. The minimum Gasteiger partial charge on any atom is -0.489 e. The van der Waals surface area contributed by atoms with Gasteiger partial charge in [0.1, 0.15) is 17.9 Å². The van der Waals surface area contributed by atoms with Crippen molar-refractivity contribution in [2.45, 2.75) is 83.5 Å². The fourth-order valence-corrected chi connectivity index (χ4v) is 5.38. The molecule has 1 aliphatic carbocycles. The van der Waals surface area contributed by atoms with Crippen molar-refractivity contribution < 1.29 is 14.3 Å². The van der Waals surface area contributed by atoms with Gasteiger partial charge in [0.05, 0.1) is 0 Å². The number of nitrogens with one attached hydrogen (secondary N) is 1. The van der Waals surface area contributed by atoms with Gasteiger partial charge in [-0.25, -0.2) is 0 Å². The molecule has 168 valence electrons. The number of nitrogens with zero attached hydrogens (tertiary/aromatic N) is 2. The second-order valence-corrected chi connectivity index (χ2v) is 8.98. The van der Waals surface area contributed by atoms with Crippen LogP contribution in [0.5, 0.6) is 5.75 Å². The summed E-state index contributed by atoms with van der Waals surface area (Å²) in [4.78, 5) is 29.6. The van der Waals surface area contributed by atoms with Gasteiger partial charge < -0.3 is 15.0 Å². The van der Waals surface area contributed by atoms with E-state index >= 15 is 0 Å². The van der Waals surface area contributed by atoms with E-state index in [0.29, 0.717) is 31.0 Å². The van der Waals surface area contributed by atoms with Gasteiger partial charge in [-0.2, -0.15) is 0 Å². The molecule has 0 radical (unpaired) electrons. The van der Waals surface area contributed by atoms with Gasteiger partial charge in [-0.3, -0.25) is 14.5 Å². The summed E-state index contributed by atoms with van der Waals surface area (Å²) in [5.74, 6) is 0.637. The molecular formula is C25H35N3O3. The van der Waals surface area contributed by atoms with Crippen molar-refractivity contribution >= 4 is 11.8 Å². The predicted octanol–water partition coefficient (Wildman–Crippen LogP) is 3.86. The lowest BCUT2D eigenvalue weighted by molar-refractivity contribution is -0.126. The average Bonchev–Trinajstić information content (AvgIpc) is 2.91. The number of ether oxygens (including phenoxy) is 1. The molecule has 0 aromatic heterocycles. The number of hydrogen-bond acceptors (Lipinski definition) is 4. The van der Waals surface area contributed by atoms with Crippen LogP contribution in [0.4, 0.5) is 0 Å². The van der Waals surface area contributed by atoms with Gasteiger partial charge in [-0.15, -0.1) is 0 Å². The van der Waals surface area contributed by atoms with E-state index in [2.05, 4.69) is 30.6 Å². The molecule has 6 nitrogen and oxygen atoms in total. The van der Waals surface area contributed by atoms with E-state index in [1.165, 1.54) is 25.7 Å². The largest absolute Gasteiger partial charge is 0.489 e. The van der Waals surface area contributed by atoms with Crippen LogP contribution in [0.15, 0.2) is 30.5 Å². The van der Waals surface area contributed by atoms with Crippen molar-refractivity contribution in [2.75, 3.05) is 13.1 Å². The number of likely N-dealkylation sites (N-methyl/N-ethyl adjacent to an activating group) is 1. The average molecular weight is 426 g/mol. The van der Waals surface area contributed by atoms with Crippen molar-refractivity contribution in [2.24, 2.45) is 0 Å². The quantitative estimate of drug-likeness (QED) is 0.703. The minimum atomic E-state index is -0.427. The van der Waals surface area contributed by atoms with Crippen molar-refractivity contribution in [3.8, 4) is 5.75 Å². The second-order valence-electron chi connectivity index (χ2n) is 8.98. The molecule has 3 atom stereocenters. The first-order valence-electron chi connectivity index (χ1n) is 11.8. The molecule has 1 N–H and O–H groups in total. The van der Waals surface area contributed by atoms with E-state index in [0.717, 1.165) is 36.5 Å². The number of carbonyl (C=O) groups is 2. The van der Waals surface area contributed by atoms with Gasteiger partial charge in [0.25, 0.3) is 5.91 Å². The minimum absolute atomic E-state index is 0.0651. The first kappa shape index (κ1) is 21.9. The molecule has 0 bridgehead atoms. The third-order valence-electron chi connectivity index (χ3n) is 7.09. The lowest BCUT2D eigenvalue weighted by Gasteiger charge is -2.35. The summed E-state index contributed by atoms with van der Waals surface area (Å²) in [6.07, 6.45) is 7.46. The summed E-state index contributed by atoms with van der Waals surface area (Å²) in [5.41, 5.74) is 2.37. The Hall–Kier alpha value is -2.34. The summed E-state index contributed by atoms with van der Waals surface area (Å²) in [5, 5.41) is 2.79. The molecule has 1 saturated heterocycles. The summed E-state index contributed by atoms with van der Waals surface area (Å²) in [7, 11) is 0. The number of rotatable bonds is 6. The Morgan fingerprint density at radius 1 is 1.13 bits per heavy atom. The molecule has 6 heteroatoms. The lowest BCUT2D eigenvalue weighted by Crippen LogP contribution is -2.49. The van der Waals surface area contributed by atoms with E-state index in [4.69, 9.17) is 4.74 Å². The van der Waals surface area contributed by atoms with E-state index in [9.17, 15) is 9.59 Å². The molecule has 1 aromatic rings. The number of benzene rings is 1. The highest BCUT2D eigenvalue weighted by molar-refractivity contribution is 6.01. The van der Waals surface area contributed by atoms with Crippen molar-refractivity contribution in [1.82, 2.24) is 15.1 Å². The van der Waals surface area contributed by atoms with Gasteiger partial charge >= 0.3 is 0 Å². The number of hydrogen-bond donors (Lipinski definition) is 1. The van der Waals surface area contributed by atoms with Gasteiger partial charge in [-0.05, 0) is 69.0 Å². The molecule has 1 saturated carbocycles. The van der Waals surface area contributed by atoms with Crippen LogP contribution in [0.2, 0.25) is 0 Å².